The molecule has 2 aliphatic rings. The largest absolute Gasteiger partial charge is 0.381 e. The van der Waals surface area contributed by atoms with Crippen LogP contribution in [0.15, 0.2) is 48.5 Å². The van der Waals surface area contributed by atoms with Crippen LogP contribution in [0.2, 0.25) is 5.02 Å². The van der Waals surface area contributed by atoms with E-state index >= 15 is 0 Å². The number of nitrogens with one attached hydrogen (secondary N) is 1. The van der Waals surface area contributed by atoms with Crippen LogP contribution >= 0.6 is 11.6 Å². The molecule has 2 heterocycles. The lowest BCUT2D eigenvalue weighted by atomic mass is 9.76. The van der Waals surface area contributed by atoms with Gasteiger partial charge in [0.1, 0.15) is 0 Å². The van der Waals surface area contributed by atoms with Gasteiger partial charge in [-0.1, -0.05) is 35.9 Å². The Morgan fingerprint density at radius 3 is 2.76 bits per heavy atom. The van der Waals surface area contributed by atoms with Crippen molar-refractivity contribution in [2.45, 2.75) is 18.3 Å². The van der Waals surface area contributed by atoms with E-state index in [1.54, 1.807) is 12.1 Å². The van der Waals surface area contributed by atoms with Gasteiger partial charge < -0.3 is 15.0 Å². The van der Waals surface area contributed by atoms with E-state index in [1.165, 1.54) is 11.3 Å². The van der Waals surface area contributed by atoms with Gasteiger partial charge in [-0.05, 0) is 42.7 Å². The zero-order valence-corrected chi connectivity index (χ0v) is 14.8. The molecule has 0 aromatic heterocycles. The molecule has 0 bridgehead atoms. The Kier molecular flexibility index (Phi) is 4.40. The molecule has 1 N–H and O–H groups in total. The summed E-state index contributed by atoms with van der Waals surface area (Å²) in [5.74, 6) is -0.0267. The molecule has 130 valence electrons. The van der Waals surface area contributed by atoms with Crippen LogP contribution in [0.3, 0.4) is 0 Å². The molecule has 4 nitrogen and oxygen atoms in total. The number of benzene rings is 2. The highest BCUT2D eigenvalue weighted by Gasteiger charge is 2.43. The summed E-state index contributed by atoms with van der Waals surface area (Å²) >= 11 is 5.99. The predicted molar refractivity (Wildman–Crippen MR) is 100 cm³/mol. The maximum absolute atomic E-state index is 12.5. The van der Waals surface area contributed by atoms with E-state index in [9.17, 15) is 4.79 Å². The molecular weight excluding hydrogens is 336 g/mol. The maximum Gasteiger partial charge on any atom is 0.243 e. The topological polar surface area (TPSA) is 41.6 Å². The van der Waals surface area contributed by atoms with Crippen LogP contribution < -0.4 is 10.2 Å². The Hall–Kier alpha value is -2.04. The maximum atomic E-state index is 12.5. The van der Waals surface area contributed by atoms with E-state index in [1.807, 2.05) is 18.2 Å². The van der Waals surface area contributed by atoms with Crippen molar-refractivity contribution in [3.63, 3.8) is 0 Å². The molecule has 25 heavy (non-hydrogen) atoms. The standard InChI is InChI=1S/C20H21ClN2O2/c21-15-4-3-5-16(12-15)22-19(24)13-23-14-20(8-10-25-11-9-20)17-6-1-2-7-18(17)23/h1-7,12H,8-11,13-14H2,(H,22,24). The smallest absolute Gasteiger partial charge is 0.243 e. The van der Waals surface area contributed by atoms with Gasteiger partial charge in [0.2, 0.25) is 5.91 Å². The molecule has 2 aromatic carbocycles. The number of carbonyl (C=O) groups excluding carboxylic acids is 1. The van der Waals surface area contributed by atoms with Crippen molar-refractivity contribution in [2.24, 2.45) is 0 Å². The van der Waals surface area contributed by atoms with E-state index in [0.29, 0.717) is 11.6 Å². The average molecular weight is 357 g/mol. The van der Waals surface area contributed by atoms with E-state index in [-0.39, 0.29) is 11.3 Å². The number of halogens is 1. The van der Waals surface area contributed by atoms with Crippen LogP contribution in [0.25, 0.3) is 0 Å². The molecule has 0 aliphatic carbocycles. The highest BCUT2D eigenvalue weighted by molar-refractivity contribution is 6.30. The normalized spacial score (nSPS) is 18.2. The second-order valence-electron chi connectivity index (χ2n) is 6.82. The SMILES string of the molecule is O=C(CN1CC2(CCOCC2)c2ccccc21)Nc1cccc(Cl)c1. The van der Waals surface area contributed by atoms with Crippen LogP contribution in [0.1, 0.15) is 18.4 Å². The Balaban J connectivity index is 1.52. The Bertz CT molecular complexity index is 787. The summed E-state index contributed by atoms with van der Waals surface area (Å²) in [4.78, 5) is 14.7. The molecule has 1 saturated heterocycles. The fourth-order valence-corrected chi connectivity index (χ4v) is 4.19. The quantitative estimate of drug-likeness (QED) is 0.908. The van der Waals surface area contributed by atoms with Crippen LogP contribution in [0.4, 0.5) is 11.4 Å². The first-order valence-electron chi connectivity index (χ1n) is 8.64. The second-order valence-corrected chi connectivity index (χ2v) is 7.26. The molecule has 1 spiro atoms. The number of hydrogen-bond acceptors (Lipinski definition) is 3. The van der Waals surface area contributed by atoms with Crippen LogP contribution in [0, 0.1) is 0 Å². The Labute approximate surface area is 152 Å². The van der Waals surface area contributed by atoms with Gasteiger partial charge in [0.25, 0.3) is 0 Å². The number of fused-ring (bicyclic) bond motifs is 2. The molecule has 2 aliphatic heterocycles. The first-order valence-corrected chi connectivity index (χ1v) is 9.02. The van der Waals surface area contributed by atoms with E-state index in [2.05, 4.69) is 28.4 Å². The van der Waals surface area contributed by atoms with E-state index in [0.717, 1.165) is 38.3 Å². The third-order valence-electron chi connectivity index (χ3n) is 5.20. The Morgan fingerprint density at radius 1 is 1.16 bits per heavy atom. The summed E-state index contributed by atoms with van der Waals surface area (Å²) in [6.07, 6.45) is 2.02. The van der Waals surface area contributed by atoms with Gasteiger partial charge in [0.15, 0.2) is 0 Å². The molecule has 0 unspecified atom stereocenters. The van der Waals surface area contributed by atoms with Crippen molar-refractivity contribution in [2.75, 3.05) is 36.5 Å². The molecule has 4 rings (SSSR count). The molecule has 0 saturated carbocycles. The minimum absolute atomic E-state index is 0.0267. The van der Waals surface area contributed by atoms with Crippen LogP contribution in [-0.2, 0) is 14.9 Å². The van der Waals surface area contributed by atoms with Crippen molar-refractivity contribution in [3.8, 4) is 0 Å². The highest BCUT2D eigenvalue weighted by atomic mass is 35.5. The molecule has 0 radical (unpaired) electrons. The molecular formula is C20H21ClN2O2. The second kappa shape index (κ2) is 6.70. The lowest BCUT2D eigenvalue weighted by molar-refractivity contribution is -0.115. The fraction of sp³-hybridized carbons (Fsp3) is 0.350. The van der Waals surface area contributed by atoms with Crippen molar-refractivity contribution in [1.29, 1.82) is 0 Å². The van der Waals surface area contributed by atoms with Gasteiger partial charge in [-0.25, -0.2) is 0 Å². The molecule has 5 heteroatoms. The molecule has 2 aromatic rings. The van der Waals surface area contributed by atoms with Gasteiger partial charge in [0, 0.05) is 41.6 Å². The van der Waals surface area contributed by atoms with Crippen LogP contribution in [-0.4, -0.2) is 32.2 Å². The number of amides is 1. The van der Waals surface area contributed by atoms with Crippen molar-refractivity contribution < 1.29 is 9.53 Å². The number of nitrogens with zero attached hydrogens (tertiary/aromatic N) is 1. The lowest BCUT2D eigenvalue weighted by Crippen LogP contribution is -2.41. The summed E-state index contributed by atoms with van der Waals surface area (Å²) < 4.78 is 5.57. The minimum Gasteiger partial charge on any atom is -0.381 e. The van der Waals surface area contributed by atoms with Crippen molar-refractivity contribution in [3.05, 3.63) is 59.1 Å². The summed E-state index contributed by atoms with van der Waals surface area (Å²) in [5.41, 5.74) is 3.37. The number of ether oxygens (including phenoxy) is 1. The van der Waals surface area contributed by atoms with E-state index < -0.39 is 0 Å². The molecule has 1 fully saturated rings. The third-order valence-corrected chi connectivity index (χ3v) is 5.44. The van der Waals surface area contributed by atoms with Gasteiger partial charge in [0.05, 0.1) is 6.54 Å². The molecule has 1 amide bonds. The number of hydrogen-bond donors (Lipinski definition) is 1. The zero-order valence-electron chi connectivity index (χ0n) is 14.0. The predicted octanol–water partition coefficient (Wildman–Crippen LogP) is 3.85. The number of rotatable bonds is 3. The molecule has 0 atom stereocenters. The lowest BCUT2D eigenvalue weighted by Gasteiger charge is -2.34. The first-order chi connectivity index (χ1) is 12.2. The summed E-state index contributed by atoms with van der Waals surface area (Å²) in [5, 5.41) is 3.56. The monoisotopic (exact) mass is 356 g/mol. The van der Waals surface area contributed by atoms with Gasteiger partial charge in [-0.3, -0.25) is 4.79 Å². The summed E-state index contributed by atoms with van der Waals surface area (Å²) in [7, 11) is 0. The van der Waals surface area contributed by atoms with Gasteiger partial charge in [-0.2, -0.15) is 0 Å². The summed E-state index contributed by atoms with van der Waals surface area (Å²) in [6, 6.07) is 15.7. The van der Waals surface area contributed by atoms with Gasteiger partial charge >= 0.3 is 0 Å². The zero-order chi connectivity index (χ0) is 17.3. The van der Waals surface area contributed by atoms with E-state index in [4.69, 9.17) is 16.3 Å². The third kappa shape index (κ3) is 3.24. The van der Waals surface area contributed by atoms with Gasteiger partial charge in [-0.15, -0.1) is 0 Å². The number of anilines is 2. The first kappa shape index (κ1) is 16.4. The fourth-order valence-electron chi connectivity index (χ4n) is 4.00. The minimum atomic E-state index is -0.0267. The Morgan fingerprint density at radius 2 is 1.96 bits per heavy atom. The summed E-state index contributed by atoms with van der Waals surface area (Å²) in [6.45, 7) is 2.79. The van der Waals surface area contributed by atoms with Crippen LogP contribution in [0.5, 0.6) is 0 Å². The highest BCUT2D eigenvalue weighted by Crippen LogP contribution is 2.46. The number of carbonyl (C=O) groups is 1. The average Bonchev–Trinajstić information content (AvgIpc) is 2.89. The van der Waals surface area contributed by atoms with Crippen molar-refractivity contribution in [1.82, 2.24) is 0 Å². The number of para-hydroxylation sites is 1. The van der Waals surface area contributed by atoms with Crippen molar-refractivity contribution >= 4 is 28.9 Å².